The Bertz CT molecular complexity index is 604. The Kier molecular flexibility index (Phi) is 3.85. The van der Waals surface area contributed by atoms with Gasteiger partial charge in [-0.2, -0.15) is 0 Å². The van der Waals surface area contributed by atoms with Crippen LogP contribution in [0.15, 0.2) is 30.5 Å². The van der Waals surface area contributed by atoms with Gasteiger partial charge in [0, 0.05) is 35.6 Å². The molecule has 5 nitrogen and oxygen atoms in total. The number of carbonyl (C=O) groups is 2. The van der Waals surface area contributed by atoms with Crippen LogP contribution in [0, 0.1) is 5.92 Å². The topological polar surface area (TPSA) is 82.2 Å². The molecule has 1 aromatic heterocycles. The largest absolute Gasteiger partial charge is 0.481 e. The molecule has 0 aliphatic rings. The molecule has 100 valence electrons. The third-order valence-electron chi connectivity index (χ3n) is 2.89. The van der Waals surface area contributed by atoms with E-state index in [0.717, 1.165) is 16.6 Å². The maximum Gasteiger partial charge on any atom is 0.303 e. The molecule has 2 rings (SSSR count). The summed E-state index contributed by atoms with van der Waals surface area (Å²) in [6.07, 6.45) is 2.05. The molecule has 19 heavy (non-hydrogen) atoms. The predicted octanol–water partition coefficient (Wildman–Crippen LogP) is 2.61. The number of aromatic nitrogens is 1. The van der Waals surface area contributed by atoms with Crippen LogP contribution in [0.3, 0.4) is 0 Å². The summed E-state index contributed by atoms with van der Waals surface area (Å²) in [7, 11) is 0. The SMILES string of the molecule is CC(CC(=O)O)CC(=O)Nc1ccc2[nH]ccc2c1. The van der Waals surface area contributed by atoms with Crippen LogP contribution >= 0.6 is 0 Å². The van der Waals surface area contributed by atoms with Crippen molar-refractivity contribution >= 4 is 28.5 Å². The lowest BCUT2D eigenvalue weighted by Gasteiger charge is -2.09. The Balaban J connectivity index is 1.96. The van der Waals surface area contributed by atoms with Crippen LogP contribution < -0.4 is 5.32 Å². The lowest BCUT2D eigenvalue weighted by Crippen LogP contribution is -2.16. The number of H-pyrrole nitrogens is 1. The van der Waals surface area contributed by atoms with Crippen molar-refractivity contribution in [2.45, 2.75) is 19.8 Å². The summed E-state index contributed by atoms with van der Waals surface area (Å²) in [6.45, 7) is 1.75. The zero-order valence-corrected chi connectivity index (χ0v) is 10.6. The highest BCUT2D eigenvalue weighted by molar-refractivity contribution is 5.94. The molecule has 0 saturated heterocycles. The number of hydrogen-bond acceptors (Lipinski definition) is 2. The molecule has 1 heterocycles. The van der Waals surface area contributed by atoms with Crippen molar-refractivity contribution in [3.8, 4) is 0 Å². The minimum atomic E-state index is -0.881. The summed E-state index contributed by atoms with van der Waals surface area (Å²) in [6, 6.07) is 7.52. The van der Waals surface area contributed by atoms with Gasteiger partial charge in [-0.1, -0.05) is 6.92 Å². The van der Waals surface area contributed by atoms with Crippen molar-refractivity contribution in [3.63, 3.8) is 0 Å². The minimum Gasteiger partial charge on any atom is -0.481 e. The number of amides is 1. The van der Waals surface area contributed by atoms with E-state index in [9.17, 15) is 9.59 Å². The van der Waals surface area contributed by atoms with Gasteiger partial charge in [-0.25, -0.2) is 0 Å². The van der Waals surface area contributed by atoms with Gasteiger partial charge in [0.1, 0.15) is 0 Å². The van der Waals surface area contributed by atoms with Crippen LogP contribution in [-0.2, 0) is 9.59 Å². The zero-order chi connectivity index (χ0) is 13.8. The predicted molar refractivity (Wildman–Crippen MR) is 73.0 cm³/mol. The fourth-order valence-corrected chi connectivity index (χ4v) is 2.03. The Morgan fingerprint density at radius 2 is 2.11 bits per heavy atom. The highest BCUT2D eigenvalue weighted by Crippen LogP contribution is 2.18. The molecule has 0 radical (unpaired) electrons. The number of nitrogens with one attached hydrogen (secondary N) is 2. The van der Waals surface area contributed by atoms with Crippen molar-refractivity contribution in [1.29, 1.82) is 0 Å². The molecule has 0 saturated carbocycles. The van der Waals surface area contributed by atoms with Gasteiger partial charge in [-0.15, -0.1) is 0 Å². The first-order valence-corrected chi connectivity index (χ1v) is 6.13. The van der Waals surface area contributed by atoms with Crippen molar-refractivity contribution in [2.75, 3.05) is 5.32 Å². The van der Waals surface area contributed by atoms with E-state index in [2.05, 4.69) is 10.3 Å². The molecule has 0 spiro atoms. The Hall–Kier alpha value is -2.30. The number of rotatable bonds is 5. The quantitative estimate of drug-likeness (QED) is 0.772. The molecule has 0 aliphatic carbocycles. The summed E-state index contributed by atoms with van der Waals surface area (Å²) in [5.41, 5.74) is 1.73. The average molecular weight is 260 g/mol. The smallest absolute Gasteiger partial charge is 0.303 e. The molecule has 1 aromatic carbocycles. The van der Waals surface area contributed by atoms with E-state index < -0.39 is 5.97 Å². The number of carboxylic acids is 1. The Morgan fingerprint density at radius 3 is 2.84 bits per heavy atom. The summed E-state index contributed by atoms with van der Waals surface area (Å²) in [5, 5.41) is 12.5. The Morgan fingerprint density at radius 1 is 1.32 bits per heavy atom. The first-order valence-electron chi connectivity index (χ1n) is 6.13. The van der Waals surface area contributed by atoms with Crippen molar-refractivity contribution in [2.24, 2.45) is 5.92 Å². The summed E-state index contributed by atoms with van der Waals surface area (Å²) in [4.78, 5) is 25.4. The minimum absolute atomic E-state index is 0.00423. The number of aliphatic carboxylic acids is 1. The molecule has 0 bridgehead atoms. The van der Waals surface area contributed by atoms with Gasteiger partial charge >= 0.3 is 5.97 Å². The van der Waals surface area contributed by atoms with E-state index >= 15 is 0 Å². The number of anilines is 1. The van der Waals surface area contributed by atoms with E-state index in [0.29, 0.717) is 0 Å². The number of carboxylic acid groups (broad SMARTS) is 1. The summed E-state index contributed by atoms with van der Waals surface area (Å²) < 4.78 is 0. The summed E-state index contributed by atoms with van der Waals surface area (Å²) >= 11 is 0. The second kappa shape index (κ2) is 5.56. The normalized spacial score (nSPS) is 12.3. The van der Waals surface area contributed by atoms with E-state index in [1.54, 1.807) is 6.92 Å². The average Bonchev–Trinajstić information content (AvgIpc) is 2.74. The molecule has 1 atom stereocenters. The van der Waals surface area contributed by atoms with Crippen molar-refractivity contribution < 1.29 is 14.7 Å². The molecule has 2 aromatic rings. The molecular formula is C14H16N2O3. The van der Waals surface area contributed by atoms with Crippen LogP contribution in [0.25, 0.3) is 10.9 Å². The van der Waals surface area contributed by atoms with E-state index in [1.807, 2.05) is 30.5 Å². The number of aromatic amines is 1. The number of carbonyl (C=O) groups excluding carboxylic acids is 1. The third kappa shape index (κ3) is 3.58. The van der Waals surface area contributed by atoms with Gasteiger partial charge in [0.15, 0.2) is 0 Å². The van der Waals surface area contributed by atoms with Crippen LogP contribution in [0.4, 0.5) is 5.69 Å². The van der Waals surface area contributed by atoms with Crippen LogP contribution in [-0.4, -0.2) is 22.0 Å². The van der Waals surface area contributed by atoms with Crippen LogP contribution in [0.2, 0.25) is 0 Å². The second-order valence-electron chi connectivity index (χ2n) is 4.74. The van der Waals surface area contributed by atoms with Crippen LogP contribution in [0.1, 0.15) is 19.8 Å². The maximum atomic E-state index is 11.8. The number of hydrogen-bond donors (Lipinski definition) is 3. The lowest BCUT2D eigenvalue weighted by molar-refractivity contribution is -0.138. The van der Waals surface area contributed by atoms with Gasteiger partial charge < -0.3 is 15.4 Å². The third-order valence-corrected chi connectivity index (χ3v) is 2.89. The van der Waals surface area contributed by atoms with Crippen LogP contribution in [0.5, 0.6) is 0 Å². The summed E-state index contributed by atoms with van der Waals surface area (Å²) in [5.74, 6) is -1.22. The highest BCUT2D eigenvalue weighted by atomic mass is 16.4. The first-order chi connectivity index (χ1) is 9.04. The standard InChI is InChI=1S/C14H16N2O3/c1-9(7-14(18)19)6-13(17)16-11-2-3-12-10(8-11)4-5-15-12/h2-5,8-9,15H,6-7H2,1H3,(H,16,17)(H,18,19). The molecule has 0 fully saturated rings. The fraction of sp³-hybridized carbons (Fsp3) is 0.286. The Labute approximate surface area is 110 Å². The highest BCUT2D eigenvalue weighted by Gasteiger charge is 2.12. The van der Waals surface area contributed by atoms with Gasteiger partial charge in [0.25, 0.3) is 0 Å². The molecule has 5 heteroatoms. The van der Waals surface area contributed by atoms with Gasteiger partial charge in [0.05, 0.1) is 0 Å². The molecule has 1 amide bonds. The van der Waals surface area contributed by atoms with E-state index in [1.165, 1.54) is 0 Å². The molecule has 0 aliphatic heterocycles. The molecule has 3 N–H and O–H groups in total. The molecule has 1 unspecified atom stereocenters. The van der Waals surface area contributed by atoms with E-state index in [4.69, 9.17) is 5.11 Å². The molecular weight excluding hydrogens is 244 g/mol. The maximum absolute atomic E-state index is 11.8. The van der Waals surface area contributed by atoms with Gasteiger partial charge in [-0.05, 0) is 30.2 Å². The first kappa shape index (κ1) is 13.1. The monoisotopic (exact) mass is 260 g/mol. The van der Waals surface area contributed by atoms with Gasteiger partial charge in [-0.3, -0.25) is 9.59 Å². The van der Waals surface area contributed by atoms with Crippen molar-refractivity contribution in [3.05, 3.63) is 30.5 Å². The lowest BCUT2D eigenvalue weighted by atomic mass is 10.0. The number of benzene rings is 1. The van der Waals surface area contributed by atoms with E-state index in [-0.39, 0.29) is 24.7 Å². The second-order valence-corrected chi connectivity index (χ2v) is 4.74. The zero-order valence-electron chi connectivity index (χ0n) is 10.6. The van der Waals surface area contributed by atoms with Crippen molar-refractivity contribution in [1.82, 2.24) is 4.98 Å². The fourth-order valence-electron chi connectivity index (χ4n) is 2.03. The van der Waals surface area contributed by atoms with Gasteiger partial charge in [0.2, 0.25) is 5.91 Å². The number of fused-ring (bicyclic) bond motifs is 1.